The number of benzene rings is 1. The van der Waals surface area contributed by atoms with Crippen LogP contribution in [-0.4, -0.2) is 33.0 Å². The lowest BCUT2D eigenvalue weighted by molar-refractivity contribution is -0.0923. The largest absolute Gasteiger partial charge is 0.495 e. The highest BCUT2D eigenvalue weighted by Crippen LogP contribution is 2.54. The number of halogens is 1. The van der Waals surface area contributed by atoms with Gasteiger partial charge in [0.05, 0.1) is 31.0 Å². The Morgan fingerprint density at radius 1 is 1.24 bits per heavy atom. The van der Waals surface area contributed by atoms with Crippen molar-refractivity contribution in [2.75, 3.05) is 26.1 Å². The summed E-state index contributed by atoms with van der Waals surface area (Å²) in [6, 6.07) is 4.06. The molecule has 2 fully saturated rings. The first-order chi connectivity index (χ1) is 9.98. The molecule has 1 N–H and O–H groups in total. The third kappa shape index (κ3) is 2.25. The first kappa shape index (κ1) is 14.8. The molecule has 1 aliphatic heterocycles. The molecule has 1 saturated heterocycles. The fraction of sp³-hybridized carbons (Fsp3) is 0.625. The van der Waals surface area contributed by atoms with Crippen molar-refractivity contribution >= 4 is 17.3 Å². The summed E-state index contributed by atoms with van der Waals surface area (Å²) >= 11 is 6.24. The van der Waals surface area contributed by atoms with E-state index in [1.807, 2.05) is 12.1 Å². The fourth-order valence-electron chi connectivity index (χ4n) is 3.76. The van der Waals surface area contributed by atoms with Gasteiger partial charge in [0.1, 0.15) is 11.5 Å². The Hall–Kier alpha value is -1.13. The zero-order valence-electron chi connectivity index (χ0n) is 12.9. The van der Waals surface area contributed by atoms with Crippen LogP contribution < -0.4 is 14.8 Å². The summed E-state index contributed by atoms with van der Waals surface area (Å²) in [5.41, 5.74) is 1.02. The van der Waals surface area contributed by atoms with Gasteiger partial charge in [0.25, 0.3) is 0 Å². The molecule has 3 unspecified atom stereocenters. The Morgan fingerprint density at radius 2 is 1.95 bits per heavy atom. The molecule has 4 nitrogen and oxygen atoms in total. The van der Waals surface area contributed by atoms with Gasteiger partial charge in [-0.3, -0.25) is 0 Å². The smallest absolute Gasteiger partial charge is 0.145 e. The Balaban J connectivity index is 1.86. The summed E-state index contributed by atoms with van der Waals surface area (Å²) in [5.74, 6) is 1.93. The molecule has 1 aliphatic carbocycles. The Morgan fingerprint density at radius 3 is 2.62 bits per heavy atom. The van der Waals surface area contributed by atoms with Gasteiger partial charge in [-0.15, -0.1) is 0 Å². The molecule has 116 valence electrons. The maximum Gasteiger partial charge on any atom is 0.145 e. The molecule has 0 radical (unpaired) electrons. The highest BCUT2D eigenvalue weighted by atomic mass is 35.5. The third-order valence-corrected chi connectivity index (χ3v) is 5.18. The number of anilines is 1. The minimum Gasteiger partial charge on any atom is -0.495 e. The van der Waals surface area contributed by atoms with Gasteiger partial charge in [0.15, 0.2) is 0 Å². The molecular weight excluding hydrogens is 290 g/mol. The van der Waals surface area contributed by atoms with Crippen molar-refractivity contribution < 1.29 is 14.2 Å². The molecule has 0 aromatic heterocycles. The van der Waals surface area contributed by atoms with Gasteiger partial charge in [-0.05, 0) is 12.5 Å². The van der Waals surface area contributed by atoms with E-state index < -0.39 is 0 Å². The maximum atomic E-state index is 6.24. The van der Waals surface area contributed by atoms with Crippen molar-refractivity contribution in [1.29, 1.82) is 0 Å². The van der Waals surface area contributed by atoms with Crippen LogP contribution in [0.3, 0.4) is 0 Å². The van der Waals surface area contributed by atoms with Gasteiger partial charge in [-0.2, -0.15) is 0 Å². The van der Waals surface area contributed by atoms with E-state index in [0.29, 0.717) is 28.8 Å². The van der Waals surface area contributed by atoms with Crippen molar-refractivity contribution in [3.05, 3.63) is 17.2 Å². The van der Waals surface area contributed by atoms with Crippen molar-refractivity contribution in [1.82, 2.24) is 0 Å². The number of methoxy groups -OCH3 is 2. The van der Waals surface area contributed by atoms with Gasteiger partial charge in [0.2, 0.25) is 0 Å². The molecule has 0 spiro atoms. The van der Waals surface area contributed by atoms with Crippen LogP contribution in [0.25, 0.3) is 0 Å². The van der Waals surface area contributed by atoms with Crippen LogP contribution in [0.1, 0.15) is 20.3 Å². The number of nitrogens with one attached hydrogen (secondary N) is 1. The lowest BCUT2D eigenvalue weighted by atomic mass is 9.57. The van der Waals surface area contributed by atoms with E-state index in [0.717, 1.165) is 24.5 Å². The van der Waals surface area contributed by atoms with Gasteiger partial charge in [-0.25, -0.2) is 0 Å². The second kappa shape index (κ2) is 5.25. The van der Waals surface area contributed by atoms with Gasteiger partial charge >= 0.3 is 0 Å². The number of hydrogen-bond acceptors (Lipinski definition) is 4. The Labute approximate surface area is 130 Å². The average Bonchev–Trinajstić information content (AvgIpc) is 2.91. The predicted molar refractivity (Wildman–Crippen MR) is 83.6 cm³/mol. The van der Waals surface area contributed by atoms with E-state index in [2.05, 4.69) is 19.2 Å². The van der Waals surface area contributed by atoms with Crippen molar-refractivity contribution in [2.24, 2.45) is 11.3 Å². The molecule has 1 heterocycles. The highest BCUT2D eigenvalue weighted by Gasteiger charge is 2.59. The highest BCUT2D eigenvalue weighted by molar-refractivity contribution is 6.32. The van der Waals surface area contributed by atoms with Crippen LogP contribution in [0.15, 0.2) is 12.1 Å². The average molecular weight is 312 g/mol. The molecule has 3 rings (SSSR count). The van der Waals surface area contributed by atoms with Crippen LogP contribution in [0, 0.1) is 11.3 Å². The fourth-order valence-corrected chi connectivity index (χ4v) is 4.00. The van der Waals surface area contributed by atoms with E-state index in [-0.39, 0.29) is 5.41 Å². The first-order valence-corrected chi connectivity index (χ1v) is 7.66. The van der Waals surface area contributed by atoms with E-state index in [1.54, 1.807) is 14.2 Å². The van der Waals surface area contributed by atoms with E-state index in [1.165, 1.54) is 0 Å². The molecule has 5 heteroatoms. The van der Waals surface area contributed by atoms with Crippen molar-refractivity contribution in [2.45, 2.75) is 32.4 Å². The van der Waals surface area contributed by atoms with Gasteiger partial charge in [-0.1, -0.05) is 25.4 Å². The Bertz CT molecular complexity index is 547. The summed E-state index contributed by atoms with van der Waals surface area (Å²) in [6.45, 7) is 5.35. The van der Waals surface area contributed by atoms with E-state index in [9.17, 15) is 0 Å². The molecule has 0 bridgehead atoms. The number of rotatable bonds is 4. The van der Waals surface area contributed by atoms with Gasteiger partial charge < -0.3 is 19.5 Å². The number of hydrogen-bond donors (Lipinski definition) is 1. The summed E-state index contributed by atoms with van der Waals surface area (Å²) < 4.78 is 16.5. The number of ether oxygens (including phenoxy) is 3. The predicted octanol–water partition coefficient (Wildman–Crippen LogP) is 3.58. The lowest BCUT2D eigenvalue weighted by Gasteiger charge is -2.55. The normalized spacial score (nSPS) is 29.5. The van der Waals surface area contributed by atoms with Crippen LogP contribution in [0.5, 0.6) is 11.5 Å². The van der Waals surface area contributed by atoms with Crippen LogP contribution in [0.2, 0.25) is 5.02 Å². The monoisotopic (exact) mass is 311 g/mol. The molecule has 0 amide bonds. The summed E-state index contributed by atoms with van der Waals surface area (Å²) in [4.78, 5) is 0. The second-order valence-electron chi connectivity index (χ2n) is 6.37. The van der Waals surface area contributed by atoms with Crippen molar-refractivity contribution in [3.8, 4) is 11.5 Å². The minimum absolute atomic E-state index is 0.110. The van der Waals surface area contributed by atoms with Crippen LogP contribution in [0.4, 0.5) is 5.69 Å². The molecule has 1 aromatic carbocycles. The Kier molecular flexibility index (Phi) is 3.70. The first-order valence-electron chi connectivity index (χ1n) is 7.28. The zero-order valence-corrected chi connectivity index (χ0v) is 13.7. The summed E-state index contributed by atoms with van der Waals surface area (Å²) in [5, 5.41) is 4.19. The second-order valence-corrected chi connectivity index (χ2v) is 6.78. The van der Waals surface area contributed by atoms with Gasteiger partial charge in [0, 0.05) is 30.0 Å². The molecule has 3 atom stereocenters. The van der Waals surface area contributed by atoms with Crippen LogP contribution in [-0.2, 0) is 4.74 Å². The van der Waals surface area contributed by atoms with E-state index in [4.69, 9.17) is 25.8 Å². The van der Waals surface area contributed by atoms with Crippen molar-refractivity contribution in [3.63, 3.8) is 0 Å². The number of fused-ring (bicyclic) bond motifs is 1. The molecular formula is C16H22ClNO3. The third-order valence-electron chi connectivity index (χ3n) is 4.89. The zero-order chi connectivity index (χ0) is 15.2. The quantitative estimate of drug-likeness (QED) is 0.922. The molecule has 21 heavy (non-hydrogen) atoms. The SMILES string of the molecule is COc1cc(OC)c(NC2C3CCOC3C2(C)C)cc1Cl. The summed E-state index contributed by atoms with van der Waals surface area (Å²) in [6.07, 6.45) is 1.47. The molecule has 1 saturated carbocycles. The lowest BCUT2D eigenvalue weighted by Crippen LogP contribution is -2.63. The molecule has 1 aromatic rings. The maximum absolute atomic E-state index is 6.24. The molecule has 2 aliphatic rings. The standard InChI is InChI=1S/C16H22ClNO3/c1-16(2)14(9-5-6-21-15(9)16)18-11-7-10(17)12(19-3)8-13(11)20-4/h7-9,14-15,18H,5-6H2,1-4H3. The van der Waals surface area contributed by atoms with E-state index >= 15 is 0 Å². The minimum atomic E-state index is 0.110. The van der Waals surface area contributed by atoms with Crippen LogP contribution >= 0.6 is 11.6 Å². The summed E-state index contributed by atoms with van der Waals surface area (Å²) in [7, 11) is 3.25. The topological polar surface area (TPSA) is 39.7 Å².